The molecule has 0 spiro atoms. The third-order valence-electron chi connectivity index (χ3n) is 4.32. The number of nitrogens with zero attached hydrogens (tertiary/aromatic N) is 3. The van der Waals surface area contributed by atoms with Gasteiger partial charge in [0.05, 0.1) is 33.3 Å². The van der Waals surface area contributed by atoms with Gasteiger partial charge in [0.2, 0.25) is 0 Å². The van der Waals surface area contributed by atoms with Crippen molar-refractivity contribution in [2.75, 3.05) is 0 Å². The Morgan fingerprint density at radius 2 is 1.96 bits per heavy atom. The van der Waals surface area contributed by atoms with Gasteiger partial charge in [-0.1, -0.05) is 11.6 Å². The fourth-order valence-electron chi connectivity index (χ4n) is 2.96. The van der Waals surface area contributed by atoms with E-state index >= 15 is 0 Å². The van der Waals surface area contributed by atoms with Gasteiger partial charge in [0.15, 0.2) is 11.0 Å². The number of phenolic OH excluding ortho intramolecular Hbond substituents is 1. The van der Waals surface area contributed by atoms with E-state index in [4.69, 9.17) is 21.3 Å². The summed E-state index contributed by atoms with van der Waals surface area (Å²) in [7, 11) is 1.71. The molecule has 0 radical (unpaired) electrons. The number of rotatable bonds is 2. The van der Waals surface area contributed by atoms with Gasteiger partial charge < -0.3 is 9.52 Å². The van der Waals surface area contributed by atoms with Gasteiger partial charge in [-0.15, -0.1) is 0 Å². The minimum absolute atomic E-state index is 0.0529. The Hall–Kier alpha value is -3.56. The lowest BCUT2D eigenvalue weighted by molar-refractivity contribution is 0.476. The third-order valence-corrected chi connectivity index (χ3v) is 4.61. The first-order valence-electron chi connectivity index (χ1n) is 7.98. The Labute approximate surface area is 158 Å². The summed E-state index contributed by atoms with van der Waals surface area (Å²) in [5.74, 6) is 0.134. The predicted octanol–water partition coefficient (Wildman–Crippen LogP) is 4.09. The maximum atomic E-state index is 12.7. The van der Waals surface area contributed by atoms with E-state index < -0.39 is 0 Å². The summed E-state index contributed by atoms with van der Waals surface area (Å²) in [5.41, 5.74) is 1.92. The van der Waals surface area contributed by atoms with Gasteiger partial charge >= 0.3 is 0 Å². The molecular weight excluding hydrogens is 366 g/mol. The van der Waals surface area contributed by atoms with Gasteiger partial charge in [-0.2, -0.15) is 10.4 Å². The van der Waals surface area contributed by atoms with Crippen LogP contribution in [0, 0.1) is 11.3 Å². The van der Waals surface area contributed by atoms with Crippen molar-refractivity contribution in [1.29, 1.82) is 5.26 Å². The quantitative estimate of drug-likeness (QED) is 0.568. The molecule has 6 nitrogen and oxygen atoms in total. The normalized spacial score (nSPS) is 10.9. The highest BCUT2D eigenvalue weighted by Gasteiger charge is 2.20. The first-order valence-corrected chi connectivity index (χ1v) is 8.35. The van der Waals surface area contributed by atoms with E-state index in [1.165, 1.54) is 12.1 Å². The number of nitriles is 1. The summed E-state index contributed by atoms with van der Waals surface area (Å²) < 4.78 is 7.56. The highest BCUT2D eigenvalue weighted by atomic mass is 35.5. The molecule has 2 aromatic carbocycles. The molecule has 27 heavy (non-hydrogen) atoms. The van der Waals surface area contributed by atoms with Gasteiger partial charge in [-0.05, 0) is 36.4 Å². The molecule has 2 heterocycles. The number of aryl methyl sites for hydroxylation is 1. The van der Waals surface area contributed by atoms with Gasteiger partial charge in [-0.25, -0.2) is 0 Å². The molecule has 0 saturated carbocycles. The third kappa shape index (κ3) is 2.75. The van der Waals surface area contributed by atoms with Crippen LogP contribution in [-0.2, 0) is 7.05 Å². The molecule has 0 aliphatic rings. The zero-order valence-corrected chi connectivity index (χ0v) is 14.9. The fraction of sp³-hybridized carbons (Fsp3) is 0.0500. The minimum atomic E-state index is -0.291. The molecular formula is C20H12ClN3O3. The van der Waals surface area contributed by atoms with E-state index in [1.807, 2.05) is 6.07 Å². The van der Waals surface area contributed by atoms with Crippen LogP contribution in [0.1, 0.15) is 5.56 Å². The van der Waals surface area contributed by atoms with E-state index in [0.717, 1.165) is 0 Å². The van der Waals surface area contributed by atoms with Crippen LogP contribution in [0.4, 0.5) is 0 Å². The minimum Gasteiger partial charge on any atom is -0.506 e. The fourth-order valence-corrected chi connectivity index (χ4v) is 3.16. The molecule has 0 aliphatic heterocycles. The summed E-state index contributed by atoms with van der Waals surface area (Å²) in [6, 6.07) is 13.2. The van der Waals surface area contributed by atoms with Crippen LogP contribution in [0.5, 0.6) is 5.75 Å². The molecule has 0 atom stereocenters. The zero-order chi connectivity index (χ0) is 19.1. The van der Waals surface area contributed by atoms with Crippen LogP contribution in [0.2, 0.25) is 5.02 Å². The first-order chi connectivity index (χ1) is 13.0. The number of halogens is 1. The van der Waals surface area contributed by atoms with Crippen LogP contribution in [0.15, 0.2) is 57.9 Å². The average Bonchev–Trinajstić information content (AvgIpc) is 3.09. The van der Waals surface area contributed by atoms with E-state index in [0.29, 0.717) is 28.1 Å². The van der Waals surface area contributed by atoms with E-state index in [-0.39, 0.29) is 27.2 Å². The second-order valence-corrected chi connectivity index (χ2v) is 6.37. The Bertz CT molecular complexity index is 1280. The molecule has 0 saturated heterocycles. The summed E-state index contributed by atoms with van der Waals surface area (Å²) >= 11 is 6.13. The maximum Gasteiger partial charge on any atom is 0.193 e. The molecule has 4 aromatic rings. The standard InChI is InChI=1S/C20H12ClN3O3/c1-24-15(6-7-23-24)18-19(26)14(21)8-13-16(25)9-17(27-20(13)18)12-4-2-11(10-22)3-5-12/h2-9,26H,1H3. The summed E-state index contributed by atoms with van der Waals surface area (Å²) in [4.78, 5) is 12.7. The van der Waals surface area contributed by atoms with Crippen molar-refractivity contribution in [3.63, 3.8) is 0 Å². The van der Waals surface area contributed by atoms with Crippen molar-refractivity contribution in [1.82, 2.24) is 9.78 Å². The largest absolute Gasteiger partial charge is 0.506 e. The predicted molar refractivity (Wildman–Crippen MR) is 102 cm³/mol. The SMILES string of the molecule is Cn1nccc1-c1c(O)c(Cl)cc2c(=O)cc(-c3ccc(C#N)cc3)oc12. The van der Waals surface area contributed by atoms with Gasteiger partial charge in [0.25, 0.3) is 0 Å². The lowest BCUT2D eigenvalue weighted by Crippen LogP contribution is -2.03. The van der Waals surface area contributed by atoms with Crippen molar-refractivity contribution in [3.8, 4) is 34.4 Å². The van der Waals surface area contributed by atoms with E-state index in [2.05, 4.69) is 5.10 Å². The molecule has 1 N–H and O–H groups in total. The van der Waals surface area contributed by atoms with Crippen molar-refractivity contribution < 1.29 is 9.52 Å². The maximum absolute atomic E-state index is 12.7. The number of hydrogen-bond donors (Lipinski definition) is 1. The van der Waals surface area contributed by atoms with Crippen LogP contribution < -0.4 is 5.43 Å². The van der Waals surface area contributed by atoms with Crippen molar-refractivity contribution in [2.24, 2.45) is 7.05 Å². The van der Waals surface area contributed by atoms with Gasteiger partial charge in [0, 0.05) is 24.9 Å². The zero-order valence-electron chi connectivity index (χ0n) is 14.1. The number of fused-ring (bicyclic) bond motifs is 1. The molecule has 132 valence electrons. The summed E-state index contributed by atoms with van der Waals surface area (Å²) in [6.07, 6.45) is 1.57. The summed E-state index contributed by atoms with van der Waals surface area (Å²) in [6.45, 7) is 0. The summed E-state index contributed by atoms with van der Waals surface area (Å²) in [5, 5.41) is 23.9. The number of phenols is 1. The molecule has 2 aromatic heterocycles. The van der Waals surface area contributed by atoms with E-state index in [1.54, 1.807) is 48.3 Å². The van der Waals surface area contributed by atoms with Crippen LogP contribution in [0.3, 0.4) is 0 Å². The first kappa shape index (κ1) is 16.9. The second kappa shape index (κ2) is 6.31. The molecule has 0 aliphatic carbocycles. The second-order valence-electron chi connectivity index (χ2n) is 5.96. The van der Waals surface area contributed by atoms with Crippen LogP contribution >= 0.6 is 11.6 Å². The molecule has 0 amide bonds. The molecule has 0 unspecified atom stereocenters. The van der Waals surface area contributed by atoms with Gasteiger partial charge in [-0.3, -0.25) is 9.48 Å². The number of hydrogen-bond acceptors (Lipinski definition) is 5. The Kier molecular flexibility index (Phi) is 3.94. The smallest absolute Gasteiger partial charge is 0.193 e. The van der Waals surface area contributed by atoms with Gasteiger partial charge in [0.1, 0.15) is 11.5 Å². The molecule has 0 fully saturated rings. The van der Waals surface area contributed by atoms with Crippen molar-refractivity contribution in [3.05, 3.63) is 69.5 Å². The lowest BCUT2D eigenvalue weighted by Gasteiger charge is -2.11. The highest BCUT2D eigenvalue weighted by molar-refractivity contribution is 6.33. The highest BCUT2D eigenvalue weighted by Crippen LogP contribution is 2.41. The Balaban J connectivity index is 2.06. The molecule has 4 rings (SSSR count). The average molecular weight is 378 g/mol. The van der Waals surface area contributed by atoms with Crippen LogP contribution in [-0.4, -0.2) is 14.9 Å². The van der Waals surface area contributed by atoms with Crippen LogP contribution in [0.25, 0.3) is 33.6 Å². The number of aromatic nitrogens is 2. The van der Waals surface area contributed by atoms with Crippen molar-refractivity contribution >= 4 is 22.6 Å². The monoisotopic (exact) mass is 377 g/mol. The Morgan fingerprint density at radius 1 is 1.22 bits per heavy atom. The number of benzene rings is 2. The lowest BCUT2D eigenvalue weighted by atomic mass is 10.0. The number of aromatic hydroxyl groups is 1. The molecule has 7 heteroatoms. The Morgan fingerprint density at radius 3 is 2.59 bits per heavy atom. The van der Waals surface area contributed by atoms with E-state index in [9.17, 15) is 9.90 Å². The van der Waals surface area contributed by atoms with Crippen molar-refractivity contribution in [2.45, 2.75) is 0 Å². The topological polar surface area (TPSA) is 92.0 Å². The molecule has 0 bridgehead atoms.